The Morgan fingerprint density at radius 3 is 1.85 bits per heavy atom. The summed E-state index contributed by atoms with van der Waals surface area (Å²) in [6, 6.07) is 20.3. The van der Waals surface area contributed by atoms with Crippen molar-refractivity contribution in [1.82, 2.24) is 5.32 Å². The van der Waals surface area contributed by atoms with Crippen LogP contribution in [0.5, 0.6) is 0 Å². The Kier molecular flexibility index (Phi) is 4.97. The number of amides is 1. The first-order valence-corrected chi connectivity index (χ1v) is 8.69. The zero-order valence-corrected chi connectivity index (χ0v) is 12.5. The fourth-order valence-electron chi connectivity index (χ4n) is 2.20. The molecule has 2 rings (SSSR count). The largest absolute Gasteiger partial charge is 0.353 e. The SMILES string of the molecule is [B-][P+](CCNC(C)=O)(c1ccccc1)c1ccccc1. The van der Waals surface area contributed by atoms with E-state index in [1.54, 1.807) is 0 Å². The van der Waals surface area contributed by atoms with Crippen molar-refractivity contribution >= 4 is 31.2 Å². The number of nitrogens with one attached hydrogen (secondary N) is 1. The van der Waals surface area contributed by atoms with Crippen LogP contribution in [0, 0.1) is 0 Å². The molecule has 0 saturated carbocycles. The molecule has 2 nitrogen and oxygen atoms in total. The molecule has 1 amide bonds. The van der Waals surface area contributed by atoms with Crippen LogP contribution in [0.15, 0.2) is 60.7 Å². The Bertz CT molecular complexity index is 520. The summed E-state index contributed by atoms with van der Waals surface area (Å²) in [6.45, 7) is 2.13. The van der Waals surface area contributed by atoms with Crippen LogP contribution in [0.1, 0.15) is 6.92 Å². The summed E-state index contributed by atoms with van der Waals surface area (Å²) in [5.41, 5.74) is 0. The molecule has 20 heavy (non-hydrogen) atoms. The number of carbonyl (C=O) groups is 1. The summed E-state index contributed by atoms with van der Waals surface area (Å²) in [6.07, 6.45) is 0.764. The molecule has 0 unspecified atom stereocenters. The minimum absolute atomic E-state index is 0.0160. The number of rotatable bonds is 5. The first kappa shape index (κ1) is 14.8. The highest BCUT2D eigenvalue weighted by Crippen LogP contribution is 2.50. The Morgan fingerprint density at radius 1 is 1.00 bits per heavy atom. The second-order valence-corrected chi connectivity index (χ2v) is 7.96. The Balaban J connectivity index is 2.31. The lowest BCUT2D eigenvalue weighted by molar-refractivity contribution is -0.118. The molecule has 0 aliphatic carbocycles. The van der Waals surface area contributed by atoms with Gasteiger partial charge in [-0.05, 0) is 24.3 Å². The van der Waals surface area contributed by atoms with Gasteiger partial charge in [-0.25, -0.2) is 0 Å². The van der Waals surface area contributed by atoms with Gasteiger partial charge in [-0.3, -0.25) is 12.4 Å². The van der Waals surface area contributed by atoms with E-state index in [4.69, 9.17) is 7.57 Å². The lowest BCUT2D eigenvalue weighted by Gasteiger charge is -2.36. The van der Waals surface area contributed by atoms with Gasteiger partial charge in [-0.2, -0.15) is 7.14 Å². The summed E-state index contributed by atoms with van der Waals surface area (Å²) in [7, 11) is 4.84. The van der Waals surface area contributed by atoms with Crippen molar-refractivity contribution in [3.8, 4) is 0 Å². The third-order valence-corrected chi connectivity index (χ3v) is 6.64. The fraction of sp³-hybridized carbons (Fsp3) is 0.188. The second-order valence-electron chi connectivity index (χ2n) is 4.75. The number of hydrogen-bond acceptors (Lipinski definition) is 1. The van der Waals surface area contributed by atoms with E-state index in [1.165, 1.54) is 6.92 Å². The van der Waals surface area contributed by atoms with Crippen LogP contribution < -0.4 is 15.9 Å². The van der Waals surface area contributed by atoms with E-state index in [2.05, 4.69) is 29.6 Å². The Labute approximate surface area is 122 Å². The van der Waals surface area contributed by atoms with Crippen molar-refractivity contribution in [3.05, 3.63) is 60.7 Å². The van der Waals surface area contributed by atoms with Crippen molar-refractivity contribution < 1.29 is 4.79 Å². The summed E-state index contributed by atoms with van der Waals surface area (Å²) < 4.78 is 0. The number of carbonyl (C=O) groups excluding carboxylic acids is 1. The molecule has 2 aromatic rings. The Hall–Kier alpha value is -1.60. The quantitative estimate of drug-likeness (QED) is 0.658. The molecule has 4 heteroatoms. The average Bonchev–Trinajstić information content (AvgIpc) is 2.48. The van der Waals surface area contributed by atoms with Gasteiger partial charge in [0.25, 0.3) is 0 Å². The van der Waals surface area contributed by atoms with Gasteiger partial charge >= 0.3 is 0 Å². The Morgan fingerprint density at radius 2 is 1.45 bits per heavy atom. The van der Waals surface area contributed by atoms with Gasteiger partial charge in [0, 0.05) is 30.2 Å². The first-order chi connectivity index (χ1) is 9.63. The molecule has 0 saturated heterocycles. The van der Waals surface area contributed by atoms with Crippen LogP contribution in [0.3, 0.4) is 0 Å². The zero-order valence-electron chi connectivity index (χ0n) is 11.6. The maximum atomic E-state index is 11.1. The number of benzene rings is 2. The van der Waals surface area contributed by atoms with Crippen molar-refractivity contribution in [2.45, 2.75) is 6.92 Å². The summed E-state index contributed by atoms with van der Waals surface area (Å²) in [5, 5.41) is 5.18. The molecule has 0 atom stereocenters. The predicted molar refractivity (Wildman–Crippen MR) is 88.4 cm³/mol. The van der Waals surface area contributed by atoms with Crippen LogP contribution >= 0.6 is 7.14 Å². The topological polar surface area (TPSA) is 29.1 Å². The van der Waals surface area contributed by atoms with Crippen molar-refractivity contribution in [1.29, 1.82) is 0 Å². The van der Waals surface area contributed by atoms with Crippen LogP contribution in [0.4, 0.5) is 0 Å². The molecule has 2 aromatic carbocycles. The highest BCUT2D eigenvalue weighted by Gasteiger charge is 2.23. The molecule has 0 bridgehead atoms. The van der Waals surface area contributed by atoms with Crippen LogP contribution in [-0.2, 0) is 4.79 Å². The van der Waals surface area contributed by atoms with Crippen molar-refractivity contribution in [3.63, 3.8) is 0 Å². The van der Waals surface area contributed by atoms with E-state index in [1.807, 2.05) is 36.4 Å². The van der Waals surface area contributed by atoms with E-state index in [0.29, 0.717) is 6.54 Å². The standard InChI is InChI=1S/C16H17BNOP/c1-14(19)18-12-13-20(17,15-8-4-2-5-9-15)16-10-6-3-7-11-16/h2-11H,12-13H2,1H3/q-1/p+1. The molecular weight excluding hydrogens is 264 g/mol. The van der Waals surface area contributed by atoms with E-state index >= 15 is 0 Å². The van der Waals surface area contributed by atoms with Gasteiger partial charge in [-0.15, -0.1) is 0 Å². The van der Waals surface area contributed by atoms with Gasteiger partial charge in [0.05, 0.1) is 0 Å². The summed E-state index contributed by atoms with van der Waals surface area (Å²) in [5.74, 6) is -0.0160. The number of hydrogen-bond donors (Lipinski definition) is 1. The highest BCUT2D eigenvalue weighted by molar-refractivity contribution is 8.08. The smallest absolute Gasteiger partial charge is 0.217 e. The maximum Gasteiger partial charge on any atom is 0.217 e. The third-order valence-electron chi connectivity index (χ3n) is 3.27. The molecule has 0 aliphatic rings. The predicted octanol–water partition coefficient (Wildman–Crippen LogP) is 1.87. The van der Waals surface area contributed by atoms with Crippen LogP contribution in [-0.4, -0.2) is 26.2 Å². The normalized spacial score (nSPS) is 11.1. The summed E-state index contributed by atoms with van der Waals surface area (Å²) in [4.78, 5) is 11.1. The fourth-order valence-corrected chi connectivity index (χ4v) is 4.89. The van der Waals surface area contributed by atoms with Gasteiger partial charge in [0.15, 0.2) is 0 Å². The molecule has 101 valence electrons. The van der Waals surface area contributed by atoms with Crippen LogP contribution in [0.2, 0.25) is 0 Å². The second kappa shape index (κ2) is 6.72. The van der Waals surface area contributed by atoms with Crippen LogP contribution in [0.25, 0.3) is 0 Å². The minimum Gasteiger partial charge on any atom is -0.353 e. The maximum absolute atomic E-state index is 11.1. The average molecular weight is 282 g/mol. The van der Waals surface area contributed by atoms with Crippen molar-refractivity contribution in [2.75, 3.05) is 12.7 Å². The molecule has 3 radical (unpaired) electrons. The molecule has 1 N–H and O–H groups in total. The molecular formula is C16H18BNOP. The highest BCUT2D eigenvalue weighted by atomic mass is 31.2. The molecule has 0 aliphatic heterocycles. The van der Waals surface area contributed by atoms with Gasteiger partial charge < -0.3 is 5.32 Å². The van der Waals surface area contributed by atoms with E-state index < -0.39 is 7.14 Å². The monoisotopic (exact) mass is 282 g/mol. The third kappa shape index (κ3) is 3.49. The lowest BCUT2D eigenvalue weighted by atomic mass is 10.4. The summed E-state index contributed by atoms with van der Waals surface area (Å²) >= 11 is 0. The van der Waals surface area contributed by atoms with E-state index in [-0.39, 0.29) is 5.91 Å². The zero-order chi connectivity index (χ0) is 14.4. The van der Waals surface area contributed by atoms with E-state index in [9.17, 15) is 4.79 Å². The molecule has 0 spiro atoms. The first-order valence-electron chi connectivity index (χ1n) is 6.65. The molecule has 0 aromatic heterocycles. The molecule has 0 fully saturated rings. The van der Waals surface area contributed by atoms with Crippen molar-refractivity contribution in [2.24, 2.45) is 0 Å². The van der Waals surface area contributed by atoms with Gasteiger partial charge in [0.2, 0.25) is 5.91 Å². The lowest BCUT2D eigenvalue weighted by Crippen LogP contribution is -2.31. The van der Waals surface area contributed by atoms with Gasteiger partial charge in [0.1, 0.15) is 0 Å². The van der Waals surface area contributed by atoms with E-state index in [0.717, 1.165) is 16.8 Å². The molecule has 0 heterocycles. The minimum atomic E-state index is -1.95. The van der Waals surface area contributed by atoms with Gasteiger partial charge in [-0.1, -0.05) is 36.4 Å².